The summed E-state index contributed by atoms with van der Waals surface area (Å²) in [7, 11) is 0. The van der Waals surface area contributed by atoms with Crippen LogP contribution in [0.1, 0.15) is 46.6 Å². The minimum atomic E-state index is -4.60. The molecule has 1 amide bonds. The van der Waals surface area contributed by atoms with Crippen molar-refractivity contribution in [2.45, 2.75) is 50.1 Å². The van der Waals surface area contributed by atoms with Crippen molar-refractivity contribution in [3.63, 3.8) is 0 Å². The summed E-state index contributed by atoms with van der Waals surface area (Å²) in [6.07, 6.45) is -7.12. The van der Waals surface area contributed by atoms with Crippen molar-refractivity contribution in [1.82, 2.24) is 10.3 Å². The summed E-state index contributed by atoms with van der Waals surface area (Å²) in [4.78, 5) is 15.7. The van der Waals surface area contributed by atoms with E-state index in [0.29, 0.717) is 36.8 Å². The zero-order valence-corrected chi connectivity index (χ0v) is 17.9. The van der Waals surface area contributed by atoms with Crippen molar-refractivity contribution in [2.24, 2.45) is 0 Å². The lowest BCUT2D eigenvalue weighted by Crippen LogP contribution is -2.40. The van der Waals surface area contributed by atoms with Gasteiger partial charge in [-0.25, -0.2) is 4.98 Å². The second-order valence-corrected chi connectivity index (χ2v) is 8.81. The molecule has 0 radical (unpaired) electrons. The maximum absolute atomic E-state index is 13.3. The molecular formula is C22H19F6N3OS. The zero-order valence-electron chi connectivity index (χ0n) is 17.1. The lowest BCUT2D eigenvalue weighted by Gasteiger charge is -2.30. The van der Waals surface area contributed by atoms with Gasteiger partial charge in [0.05, 0.1) is 11.1 Å². The first kappa shape index (κ1) is 23.3. The zero-order chi connectivity index (χ0) is 23.8. The summed E-state index contributed by atoms with van der Waals surface area (Å²) in [6.45, 7) is 0. The van der Waals surface area contributed by atoms with Crippen molar-refractivity contribution in [2.75, 3.05) is 5.32 Å². The number of pyridine rings is 1. The molecule has 0 spiro atoms. The van der Waals surface area contributed by atoms with Gasteiger partial charge in [-0.15, -0.1) is 11.3 Å². The number of benzene rings is 1. The first-order valence-electron chi connectivity index (χ1n) is 10.2. The van der Waals surface area contributed by atoms with Gasteiger partial charge in [0.1, 0.15) is 10.6 Å². The molecule has 2 heterocycles. The molecule has 4 nitrogen and oxygen atoms in total. The number of anilines is 1. The molecular weight excluding hydrogens is 468 g/mol. The van der Waals surface area contributed by atoms with Gasteiger partial charge in [0, 0.05) is 23.2 Å². The molecule has 1 aliphatic carbocycles. The maximum atomic E-state index is 13.3. The number of fused-ring (bicyclic) bond motifs is 1. The van der Waals surface area contributed by atoms with E-state index in [0.717, 1.165) is 23.5 Å². The molecule has 2 N–H and O–H groups in total. The first-order chi connectivity index (χ1) is 15.5. The number of amides is 1. The number of carbonyl (C=O) groups is 1. The Bertz CT molecular complexity index is 1150. The fourth-order valence-electron chi connectivity index (χ4n) is 4.00. The lowest BCUT2D eigenvalue weighted by molar-refractivity contribution is -0.141. The Balaban J connectivity index is 1.42. The highest BCUT2D eigenvalue weighted by Gasteiger charge is 2.37. The summed E-state index contributed by atoms with van der Waals surface area (Å²) >= 11 is 0.738. The first-order valence-corrected chi connectivity index (χ1v) is 11.1. The summed E-state index contributed by atoms with van der Waals surface area (Å²) in [5.74, 6) is -0.760. The van der Waals surface area contributed by atoms with Gasteiger partial charge in [-0.2, -0.15) is 26.3 Å². The number of nitrogens with zero attached hydrogens (tertiary/aromatic N) is 1. The third kappa shape index (κ3) is 5.23. The quantitative estimate of drug-likeness (QED) is 0.414. The number of aromatic nitrogens is 1. The number of carbonyl (C=O) groups excluding carboxylic acids is 1. The average molecular weight is 487 g/mol. The fourth-order valence-corrected chi connectivity index (χ4v) is 4.82. The van der Waals surface area contributed by atoms with E-state index < -0.39 is 29.5 Å². The van der Waals surface area contributed by atoms with E-state index >= 15 is 0 Å². The van der Waals surface area contributed by atoms with Gasteiger partial charge in [0.2, 0.25) is 0 Å². The Hall–Kier alpha value is -2.82. The number of hydrogen-bond donors (Lipinski definition) is 2. The molecule has 176 valence electrons. The van der Waals surface area contributed by atoms with Gasteiger partial charge in [-0.05, 0) is 49.3 Å². The molecule has 0 aliphatic heterocycles. The van der Waals surface area contributed by atoms with E-state index in [1.54, 1.807) is 18.2 Å². The van der Waals surface area contributed by atoms with Crippen LogP contribution >= 0.6 is 11.3 Å². The van der Waals surface area contributed by atoms with Crippen molar-refractivity contribution in [1.29, 1.82) is 0 Å². The summed E-state index contributed by atoms with van der Waals surface area (Å²) in [5.41, 5.74) is -1.38. The van der Waals surface area contributed by atoms with Crippen LogP contribution in [0, 0.1) is 0 Å². The number of alkyl halides is 6. The molecule has 1 fully saturated rings. The number of hydrogen-bond acceptors (Lipinski definition) is 4. The van der Waals surface area contributed by atoms with Crippen molar-refractivity contribution >= 4 is 33.8 Å². The smallest absolute Gasteiger partial charge is 0.382 e. The fraction of sp³-hybridized carbons (Fsp3) is 0.364. The Morgan fingerprint density at radius 3 is 2.27 bits per heavy atom. The van der Waals surface area contributed by atoms with Crippen LogP contribution in [-0.4, -0.2) is 23.0 Å². The molecule has 11 heteroatoms. The highest BCUT2D eigenvalue weighted by molar-refractivity contribution is 7.12. The van der Waals surface area contributed by atoms with Gasteiger partial charge in [-0.1, -0.05) is 18.2 Å². The SMILES string of the molecule is O=C(NC1CCC(Nc2cc(C(F)(F)F)nc3ccccc23)CC1)c1sccc1C(F)(F)F. The lowest BCUT2D eigenvalue weighted by atomic mass is 9.90. The number of thiophene rings is 1. The van der Waals surface area contributed by atoms with E-state index in [2.05, 4.69) is 15.6 Å². The Morgan fingerprint density at radius 1 is 0.939 bits per heavy atom. The predicted molar refractivity (Wildman–Crippen MR) is 113 cm³/mol. The van der Waals surface area contributed by atoms with Gasteiger partial charge in [-0.3, -0.25) is 4.79 Å². The molecule has 0 bridgehead atoms. The molecule has 1 saturated carbocycles. The molecule has 33 heavy (non-hydrogen) atoms. The van der Waals surface area contributed by atoms with Gasteiger partial charge >= 0.3 is 12.4 Å². The molecule has 2 aromatic heterocycles. The Labute approximate surface area is 189 Å². The molecule has 3 aromatic rings. The average Bonchev–Trinajstić information content (AvgIpc) is 3.25. The number of para-hydroxylation sites is 1. The summed E-state index contributed by atoms with van der Waals surface area (Å²) in [6, 6.07) is 7.97. The normalized spacial score (nSPS) is 19.5. The number of rotatable bonds is 4. The minimum absolute atomic E-state index is 0.141. The van der Waals surface area contributed by atoms with Crippen LogP contribution in [0.4, 0.5) is 32.0 Å². The van der Waals surface area contributed by atoms with Crippen molar-refractivity contribution < 1.29 is 31.1 Å². The Kier molecular flexibility index (Phi) is 6.26. The standard InChI is InChI=1S/C22H19F6N3OS/c23-21(24,25)15-9-10-33-19(15)20(32)30-13-7-5-12(6-8-13)29-17-11-18(22(26,27)28)31-16-4-2-1-3-14(16)17/h1-4,9-13H,5-8H2,(H,29,31)(H,30,32). The topological polar surface area (TPSA) is 54.0 Å². The van der Waals surface area contributed by atoms with E-state index in [-0.39, 0.29) is 22.5 Å². The third-order valence-corrected chi connectivity index (χ3v) is 6.52. The Morgan fingerprint density at radius 2 is 1.61 bits per heavy atom. The van der Waals surface area contributed by atoms with E-state index in [1.807, 2.05) is 0 Å². The van der Waals surface area contributed by atoms with Crippen molar-refractivity contribution in [3.8, 4) is 0 Å². The van der Waals surface area contributed by atoms with Gasteiger partial charge in [0.25, 0.3) is 5.91 Å². The molecule has 1 aliphatic rings. The van der Waals surface area contributed by atoms with Crippen molar-refractivity contribution in [3.05, 3.63) is 57.9 Å². The van der Waals surface area contributed by atoms with Crippen LogP contribution in [0.15, 0.2) is 41.8 Å². The second-order valence-electron chi connectivity index (χ2n) is 7.90. The van der Waals surface area contributed by atoms with Gasteiger partial charge < -0.3 is 10.6 Å². The van der Waals surface area contributed by atoms with Crippen LogP contribution < -0.4 is 10.6 Å². The van der Waals surface area contributed by atoms with E-state index in [9.17, 15) is 31.1 Å². The van der Waals surface area contributed by atoms with Crippen LogP contribution in [0.5, 0.6) is 0 Å². The summed E-state index contributed by atoms with van der Waals surface area (Å²) in [5, 5.41) is 7.63. The second kappa shape index (κ2) is 8.85. The monoisotopic (exact) mass is 487 g/mol. The summed E-state index contributed by atoms with van der Waals surface area (Å²) < 4.78 is 78.9. The minimum Gasteiger partial charge on any atom is -0.382 e. The molecule has 1 aromatic carbocycles. The maximum Gasteiger partial charge on any atom is 0.433 e. The highest BCUT2D eigenvalue weighted by Crippen LogP contribution is 2.36. The van der Waals surface area contributed by atoms with Crippen LogP contribution in [-0.2, 0) is 12.4 Å². The molecule has 0 unspecified atom stereocenters. The molecule has 4 rings (SSSR count). The van der Waals surface area contributed by atoms with Gasteiger partial charge in [0.15, 0.2) is 0 Å². The van der Waals surface area contributed by atoms with E-state index in [1.165, 1.54) is 11.4 Å². The molecule has 0 atom stereocenters. The molecule has 0 saturated heterocycles. The number of halogens is 6. The predicted octanol–water partition coefficient (Wildman–Crippen LogP) is 6.49. The van der Waals surface area contributed by atoms with Crippen LogP contribution in [0.2, 0.25) is 0 Å². The third-order valence-electron chi connectivity index (χ3n) is 5.61. The number of nitrogens with one attached hydrogen (secondary N) is 2. The highest BCUT2D eigenvalue weighted by atomic mass is 32.1. The van der Waals surface area contributed by atoms with Crippen LogP contribution in [0.3, 0.4) is 0 Å². The van der Waals surface area contributed by atoms with E-state index in [4.69, 9.17) is 0 Å². The van der Waals surface area contributed by atoms with Crippen LogP contribution in [0.25, 0.3) is 10.9 Å². The largest absolute Gasteiger partial charge is 0.433 e.